The quantitative estimate of drug-likeness (QED) is 0.0258. The van der Waals surface area contributed by atoms with Crippen molar-refractivity contribution in [2.75, 3.05) is 26.4 Å². The summed E-state index contributed by atoms with van der Waals surface area (Å²) < 4.78 is 59.2. The number of hydrogen-bond donors (Lipinski definition) is 4. The van der Waals surface area contributed by atoms with Crippen molar-refractivity contribution >= 4 is 16.4 Å². The number of rotatable bonds is 46. The number of ether oxygens (including phenoxy) is 4. The van der Waals surface area contributed by atoms with E-state index in [1.165, 1.54) is 180 Å². The molecule has 0 aliphatic carbocycles. The van der Waals surface area contributed by atoms with E-state index in [0.29, 0.717) is 13.0 Å². The predicted molar refractivity (Wildman–Crippen MR) is 248 cm³/mol. The summed E-state index contributed by atoms with van der Waals surface area (Å²) in [6, 6.07) is 0. The van der Waals surface area contributed by atoms with Crippen LogP contribution in [0.5, 0.6) is 0 Å². The monoisotopic (exact) mass is 909 g/mol. The molecule has 370 valence electrons. The standard InChI is InChI=1S/C49H96O12S/c1-3-5-7-9-11-13-15-17-18-19-20-21-22-23-24-25-27-29-31-33-35-37-39-57-41-43(42-58-49-47(53)48(61-62(54,55)56)46(52)44(40-50)60-49)59-45(51)38-36-34-32-30-28-26-16-14-12-10-8-6-4-2/h43-44,46-50,52-53H,3-42H2,1-2H3,(H,54,55,56). The van der Waals surface area contributed by atoms with Crippen molar-refractivity contribution in [3.05, 3.63) is 0 Å². The van der Waals surface area contributed by atoms with E-state index in [1.54, 1.807) is 0 Å². The van der Waals surface area contributed by atoms with Crippen LogP contribution < -0.4 is 0 Å². The van der Waals surface area contributed by atoms with Crippen LogP contribution in [-0.4, -0.2) is 97.5 Å². The topological polar surface area (TPSA) is 178 Å². The number of aliphatic hydroxyl groups excluding tert-OH is 3. The third-order valence-electron chi connectivity index (χ3n) is 12.2. The maximum atomic E-state index is 12.9. The minimum Gasteiger partial charge on any atom is -0.457 e. The molecule has 6 unspecified atom stereocenters. The number of carbonyl (C=O) groups is 1. The Bertz CT molecular complexity index is 1090. The second kappa shape index (κ2) is 41.5. The zero-order valence-electron chi connectivity index (χ0n) is 39.7. The summed E-state index contributed by atoms with van der Waals surface area (Å²) in [5.41, 5.74) is 0. The Morgan fingerprint density at radius 1 is 0.548 bits per heavy atom. The molecule has 62 heavy (non-hydrogen) atoms. The zero-order chi connectivity index (χ0) is 45.4. The average molecular weight is 909 g/mol. The van der Waals surface area contributed by atoms with Crippen molar-refractivity contribution < 1.29 is 56.2 Å². The summed E-state index contributed by atoms with van der Waals surface area (Å²) in [6.07, 6.45) is 35.7. The minimum atomic E-state index is -5.06. The second-order valence-corrected chi connectivity index (χ2v) is 19.2. The molecule has 1 rings (SSSR count). The van der Waals surface area contributed by atoms with E-state index in [4.69, 9.17) is 18.9 Å². The summed E-state index contributed by atoms with van der Waals surface area (Å²) in [5.74, 6) is -0.393. The van der Waals surface area contributed by atoms with Crippen molar-refractivity contribution in [2.45, 2.75) is 282 Å². The summed E-state index contributed by atoms with van der Waals surface area (Å²) in [6.45, 7) is 4.05. The fourth-order valence-electron chi connectivity index (χ4n) is 8.32. The Balaban J connectivity index is 2.30. The van der Waals surface area contributed by atoms with Crippen molar-refractivity contribution in [1.82, 2.24) is 0 Å². The van der Waals surface area contributed by atoms with Gasteiger partial charge in [0, 0.05) is 13.0 Å². The highest BCUT2D eigenvalue weighted by Gasteiger charge is 2.48. The number of carbonyl (C=O) groups excluding carboxylic acids is 1. The maximum absolute atomic E-state index is 12.9. The highest BCUT2D eigenvalue weighted by molar-refractivity contribution is 7.80. The van der Waals surface area contributed by atoms with Gasteiger partial charge in [-0.25, -0.2) is 4.18 Å². The van der Waals surface area contributed by atoms with Crippen LogP contribution in [0.15, 0.2) is 0 Å². The molecule has 0 saturated carbocycles. The normalized spacial score (nSPS) is 19.9. The molecule has 1 aliphatic rings. The summed E-state index contributed by atoms with van der Waals surface area (Å²) >= 11 is 0. The molecule has 1 fully saturated rings. The number of aliphatic hydroxyl groups is 3. The van der Waals surface area contributed by atoms with E-state index in [0.717, 1.165) is 38.5 Å². The fraction of sp³-hybridized carbons (Fsp3) is 0.980. The molecule has 0 spiro atoms. The highest BCUT2D eigenvalue weighted by Crippen LogP contribution is 2.26. The van der Waals surface area contributed by atoms with E-state index in [9.17, 15) is 33.1 Å². The van der Waals surface area contributed by atoms with Gasteiger partial charge in [-0.05, 0) is 12.8 Å². The van der Waals surface area contributed by atoms with Gasteiger partial charge in [-0.3, -0.25) is 9.35 Å². The van der Waals surface area contributed by atoms with Crippen LogP contribution in [-0.2, 0) is 38.3 Å². The molecule has 0 aromatic carbocycles. The molecule has 1 heterocycles. The zero-order valence-corrected chi connectivity index (χ0v) is 40.5. The first kappa shape index (κ1) is 59.1. The molecular weight excluding hydrogens is 813 g/mol. The molecule has 0 radical (unpaired) electrons. The molecule has 0 aromatic heterocycles. The van der Waals surface area contributed by atoms with Crippen LogP contribution >= 0.6 is 0 Å². The van der Waals surface area contributed by atoms with Crippen LogP contribution in [0.4, 0.5) is 0 Å². The van der Waals surface area contributed by atoms with Gasteiger partial charge >= 0.3 is 16.4 Å². The van der Waals surface area contributed by atoms with Gasteiger partial charge in [0.2, 0.25) is 0 Å². The highest BCUT2D eigenvalue weighted by atomic mass is 32.3. The molecule has 0 bridgehead atoms. The first-order valence-corrected chi connectivity index (χ1v) is 27.2. The lowest BCUT2D eigenvalue weighted by Gasteiger charge is -2.41. The van der Waals surface area contributed by atoms with Crippen molar-refractivity contribution in [3.8, 4) is 0 Å². The smallest absolute Gasteiger partial charge is 0.397 e. The van der Waals surface area contributed by atoms with E-state index in [-0.39, 0.29) is 19.6 Å². The van der Waals surface area contributed by atoms with Gasteiger partial charge in [0.1, 0.15) is 30.5 Å². The molecule has 1 aliphatic heterocycles. The molecule has 12 nitrogen and oxygen atoms in total. The Kier molecular flexibility index (Phi) is 39.6. The van der Waals surface area contributed by atoms with Gasteiger partial charge in [0.15, 0.2) is 6.29 Å². The minimum absolute atomic E-state index is 0.0451. The third kappa shape index (κ3) is 34.4. The first-order valence-electron chi connectivity index (χ1n) is 25.8. The Morgan fingerprint density at radius 3 is 1.29 bits per heavy atom. The average Bonchev–Trinajstić information content (AvgIpc) is 3.24. The maximum Gasteiger partial charge on any atom is 0.397 e. The summed E-state index contributed by atoms with van der Waals surface area (Å²) in [4.78, 5) is 12.9. The first-order chi connectivity index (χ1) is 30.1. The van der Waals surface area contributed by atoms with Gasteiger partial charge in [-0.15, -0.1) is 0 Å². The Labute approximate surface area is 379 Å². The van der Waals surface area contributed by atoms with E-state index in [2.05, 4.69) is 18.0 Å². The van der Waals surface area contributed by atoms with E-state index in [1.807, 2.05) is 0 Å². The van der Waals surface area contributed by atoms with Crippen LogP contribution in [0.1, 0.15) is 245 Å². The number of unbranched alkanes of at least 4 members (excludes halogenated alkanes) is 33. The van der Waals surface area contributed by atoms with Gasteiger partial charge in [-0.2, -0.15) is 8.42 Å². The molecular formula is C49H96O12S. The molecule has 4 N–H and O–H groups in total. The van der Waals surface area contributed by atoms with Crippen LogP contribution in [0, 0.1) is 0 Å². The second-order valence-electron chi connectivity index (χ2n) is 18.1. The van der Waals surface area contributed by atoms with E-state index >= 15 is 0 Å². The van der Waals surface area contributed by atoms with Crippen LogP contribution in [0.2, 0.25) is 0 Å². The van der Waals surface area contributed by atoms with Gasteiger partial charge < -0.3 is 34.3 Å². The molecule has 0 amide bonds. The SMILES string of the molecule is CCCCCCCCCCCCCCCCCCCCCCCCOCC(COC1OC(CO)C(O)C(OS(=O)(=O)O)C1O)OC(=O)CCCCCCCCCCCCCCC. The fourth-order valence-corrected chi connectivity index (χ4v) is 8.83. The van der Waals surface area contributed by atoms with Gasteiger partial charge in [0.25, 0.3) is 0 Å². The van der Waals surface area contributed by atoms with E-state index < -0.39 is 59.8 Å². The number of hydrogen-bond acceptors (Lipinski definition) is 11. The van der Waals surface area contributed by atoms with Crippen LogP contribution in [0.3, 0.4) is 0 Å². The lowest BCUT2D eigenvalue weighted by Crippen LogP contribution is -2.60. The summed E-state index contributed by atoms with van der Waals surface area (Å²) in [7, 11) is -5.06. The lowest BCUT2D eigenvalue weighted by atomic mass is 9.99. The van der Waals surface area contributed by atoms with Crippen molar-refractivity contribution in [2.24, 2.45) is 0 Å². The lowest BCUT2D eigenvalue weighted by molar-refractivity contribution is -0.301. The van der Waals surface area contributed by atoms with Gasteiger partial charge in [-0.1, -0.05) is 226 Å². The Morgan fingerprint density at radius 2 is 0.919 bits per heavy atom. The molecule has 0 aromatic rings. The molecule has 1 saturated heterocycles. The van der Waals surface area contributed by atoms with Crippen molar-refractivity contribution in [3.63, 3.8) is 0 Å². The molecule has 13 heteroatoms. The van der Waals surface area contributed by atoms with Crippen LogP contribution in [0.25, 0.3) is 0 Å². The predicted octanol–water partition coefficient (Wildman–Crippen LogP) is 11.6. The van der Waals surface area contributed by atoms with Gasteiger partial charge in [0.05, 0.1) is 19.8 Å². The van der Waals surface area contributed by atoms with Crippen molar-refractivity contribution in [1.29, 1.82) is 0 Å². The number of esters is 1. The largest absolute Gasteiger partial charge is 0.457 e. The molecule has 6 atom stereocenters. The third-order valence-corrected chi connectivity index (χ3v) is 12.7. The Hall–Kier alpha value is -0.900. The summed E-state index contributed by atoms with van der Waals surface area (Å²) in [5, 5.41) is 30.7.